The van der Waals surface area contributed by atoms with Gasteiger partial charge in [0.1, 0.15) is 5.76 Å². The summed E-state index contributed by atoms with van der Waals surface area (Å²) in [6.45, 7) is 4.21. The fourth-order valence-corrected chi connectivity index (χ4v) is 2.03. The first-order valence-electron chi connectivity index (χ1n) is 5.17. The number of hydrogen-bond acceptors (Lipinski definition) is 3. The molecular formula is C10H18N2O. The van der Waals surface area contributed by atoms with Gasteiger partial charge in [-0.15, -0.1) is 0 Å². The van der Waals surface area contributed by atoms with Crippen LogP contribution < -0.4 is 5.73 Å². The molecule has 0 amide bonds. The second-order valence-electron chi connectivity index (χ2n) is 3.86. The standard InChI is InChI=1S/C10H18N2O/c11-9(10-4-3-7-13-10)8-12-5-1-2-6-12/h4,9H,1-3,5-8,11H2. The van der Waals surface area contributed by atoms with Gasteiger partial charge in [0.15, 0.2) is 0 Å². The summed E-state index contributed by atoms with van der Waals surface area (Å²) in [5.74, 6) is 1.01. The van der Waals surface area contributed by atoms with Gasteiger partial charge in [0, 0.05) is 13.0 Å². The fraction of sp³-hybridized carbons (Fsp3) is 0.800. The van der Waals surface area contributed by atoms with Crippen molar-refractivity contribution in [1.29, 1.82) is 0 Å². The third-order valence-corrected chi connectivity index (χ3v) is 2.75. The molecular weight excluding hydrogens is 164 g/mol. The van der Waals surface area contributed by atoms with E-state index in [1.807, 2.05) is 0 Å². The van der Waals surface area contributed by atoms with E-state index < -0.39 is 0 Å². The Kier molecular flexibility index (Phi) is 2.86. The normalized spacial score (nSPS) is 25.8. The Hall–Kier alpha value is -0.540. The van der Waals surface area contributed by atoms with Gasteiger partial charge in [-0.2, -0.15) is 0 Å². The molecule has 1 saturated heterocycles. The fourth-order valence-electron chi connectivity index (χ4n) is 2.03. The van der Waals surface area contributed by atoms with Crippen LogP contribution in [0.3, 0.4) is 0 Å². The lowest BCUT2D eigenvalue weighted by atomic mass is 10.2. The molecule has 0 saturated carbocycles. The molecule has 1 fully saturated rings. The van der Waals surface area contributed by atoms with Crippen LogP contribution in [0.15, 0.2) is 11.8 Å². The minimum absolute atomic E-state index is 0.0978. The van der Waals surface area contributed by atoms with E-state index in [9.17, 15) is 0 Å². The molecule has 3 heteroatoms. The Balaban J connectivity index is 1.79. The minimum Gasteiger partial charge on any atom is -0.496 e. The Morgan fingerprint density at radius 3 is 2.85 bits per heavy atom. The summed E-state index contributed by atoms with van der Waals surface area (Å²) in [5.41, 5.74) is 6.02. The summed E-state index contributed by atoms with van der Waals surface area (Å²) in [7, 11) is 0. The van der Waals surface area contributed by atoms with Crippen molar-refractivity contribution < 1.29 is 4.74 Å². The molecule has 0 radical (unpaired) electrons. The summed E-state index contributed by atoms with van der Waals surface area (Å²) >= 11 is 0. The van der Waals surface area contributed by atoms with E-state index >= 15 is 0 Å². The summed E-state index contributed by atoms with van der Waals surface area (Å²) in [5, 5.41) is 0. The predicted molar refractivity (Wildman–Crippen MR) is 52.3 cm³/mol. The van der Waals surface area contributed by atoms with E-state index in [-0.39, 0.29) is 6.04 Å². The maximum atomic E-state index is 6.02. The van der Waals surface area contributed by atoms with Gasteiger partial charge in [0.2, 0.25) is 0 Å². The van der Waals surface area contributed by atoms with E-state index in [0.29, 0.717) is 0 Å². The maximum absolute atomic E-state index is 6.02. The van der Waals surface area contributed by atoms with Gasteiger partial charge in [-0.05, 0) is 32.0 Å². The highest BCUT2D eigenvalue weighted by Gasteiger charge is 2.19. The lowest BCUT2D eigenvalue weighted by Gasteiger charge is -2.20. The minimum atomic E-state index is 0.0978. The number of nitrogens with zero attached hydrogens (tertiary/aromatic N) is 1. The monoisotopic (exact) mass is 182 g/mol. The number of ether oxygens (including phenoxy) is 1. The third-order valence-electron chi connectivity index (χ3n) is 2.75. The zero-order chi connectivity index (χ0) is 9.10. The van der Waals surface area contributed by atoms with Gasteiger partial charge >= 0.3 is 0 Å². The topological polar surface area (TPSA) is 38.5 Å². The summed E-state index contributed by atoms with van der Waals surface area (Å²) in [4.78, 5) is 2.42. The number of hydrogen-bond donors (Lipinski definition) is 1. The van der Waals surface area contributed by atoms with E-state index in [2.05, 4.69) is 11.0 Å². The third kappa shape index (κ3) is 2.23. The Labute approximate surface area is 79.5 Å². The molecule has 2 N–H and O–H groups in total. The van der Waals surface area contributed by atoms with E-state index in [1.54, 1.807) is 0 Å². The van der Waals surface area contributed by atoms with E-state index in [1.165, 1.54) is 25.9 Å². The average molecular weight is 182 g/mol. The number of rotatable bonds is 3. The first-order valence-corrected chi connectivity index (χ1v) is 5.17. The highest BCUT2D eigenvalue weighted by atomic mass is 16.5. The molecule has 0 aliphatic carbocycles. The van der Waals surface area contributed by atoms with Crippen molar-refractivity contribution in [2.24, 2.45) is 5.73 Å². The van der Waals surface area contributed by atoms with Crippen molar-refractivity contribution in [1.82, 2.24) is 4.90 Å². The first-order chi connectivity index (χ1) is 6.36. The highest BCUT2D eigenvalue weighted by molar-refractivity contribution is 5.06. The largest absolute Gasteiger partial charge is 0.496 e. The quantitative estimate of drug-likeness (QED) is 0.698. The van der Waals surface area contributed by atoms with Crippen LogP contribution in [0, 0.1) is 0 Å². The molecule has 1 atom stereocenters. The van der Waals surface area contributed by atoms with Crippen LogP contribution in [0.1, 0.15) is 19.3 Å². The summed E-state index contributed by atoms with van der Waals surface area (Å²) < 4.78 is 5.43. The molecule has 0 aromatic rings. The van der Waals surface area contributed by atoms with E-state index in [4.69, 9.17) is 10.5 Å². The molecule has 74 valence electrons. The molecule has 2 rings (SSSR count). The molecule has 2 aliphatic rings. The van der Waals surface area contributed by atoms with Crippen LogP contribution in [0.2, 0.25) is 0 Å². The van der Waals surface area contributed by atoms with Gasteiger partial charge in [-0.1, -0.05) is 0 Å². The second kappa shape index (κ2) is 4.11. The molecule has 2 aliphatic heterocycles. The van der Waals surface area contributed by atoms with Crippen LogP contribution in [-0.4, -0.2) is 37.2 Å². The summed E-state index contributed by atoms with van der Waals surface area (Å²) in [6, 6.07) is 0.0978. The van der Waals surface area contributed by atoms with Crippen molar-refractivity contribution in [2.75, 3.05) is 26.2 Å². The average Bonchev–Trinajstić information content (AvgIpc) is 2.74. The lowest BCUT2D eigenvalue weighted by Crippen LogP contribution is -2.37. The maximum Gasteiger partial charge on any atom is 0.110 e. The van der Waals surface area contributed by atoms with Gasteiger partial charge in [-0.25, -0.2) is 0 Å². The molecule has 1 unspecified atom stereocenters. The van der Waals surface area contributed by atoms with Crippen LogP contribution in [0.4, 0.5) is 0 Å². The van der Waals surface area contributed by atoms with Gasteiger partial charge in [0.05, 0.1) is 12.6 Å². The van der Waals surface area contributed by atoms with Crippen molar-refractivity contribution >= 4 is 0 Å². The van der Waals surface area contributed by atoms with Crippen molar-refractivity contribution in [3.8, 4) is 0 Å². The predicted octanol–water partition coefficient (Wildman–Crippen LogP) is 0.714. The van der Waals surface area contributed by atoms with E-state index in [0.717, 1.165) is 25.3 Å². The van der Waals surface area contributed by atoms with Crippen LogP contribution in [0.25, 0.3) is 0 Å². The Morgan fingerprint density at radius 1 is 1.46 bits per heavy atom. The first kappa shape index (κ1) is 9.03. The molecule has 13 heavy (non-hydrogen) atoms. The molecule has 0 bridgehead atoms. The SMILES string of the molecule is NC(CN1CCCC1)C1=CCCO1. The lowest BCUT2D eigenvalue weighted by molar-refractivity contribution is 0.206. The smallest absolute Gasteiger partial charge is 0.110 e. The highest BCUT2D eigenvalue weighted by Crippen LogP contribution is 2.15. The zero-order valence-electron chi connectivity index (χ0n) is 8.04. The second-order valence-corrected chi connectivity index (χ2v) is 3.86. The van der Waals surface area contributed by atoms with Crippen molar-refractivity contribution in [3.63, 3.8) is 0 Å². The van der Waals surface area contributed by atoms with Crippen molar-refractivity contribution in [2.45, 2.75) is 25.3 Å². The zero-order valence-corrected chi connectivity index (χ0v) is 8.04. The number of likely N-dealkylation sites (tertiary alicyclic amines) is 1. The van der Waals surface area contributed by atoms with Crippen LogP contribution in [0.5, 0.6) is 0 Å². The van der Waals surface area contributed by atoms with Crippen LogP contribution in [-0.2, 0) is 4.74 Å². The molecule has 0 aromatic carbocycles. The summed E-state index contributed by atoms with van der Waals surface area (Å²) in [6.07, 6.45) is 5.81. The Bertz CT molecular complexity index is 197. The molecule has 2 heterocycles. The molecule has 0 aromatic heterocycles. The van der Waals surface area contributed by atoms with Gasteiger partial charge in [0.25, 0.3) is 0 Å². The molecule has 0 spiro atoms. The van der Waals surface area contributed by atoms with Gasteiger partial charge < -0.3 is 15.4 Å². The van der Waals surface area contributed by atoms with Gasteiger partial charge in [-0.3, -0.25) is 0 Å². The Morgan fingerprint density at radius 2 is 2.23 bits per heavy atom. The molecule has 3 nitrogen and oxygen atoms in total. The number of nitrogens with two attached hydrogens (primary N) is 1. The van der Waals surface area contributed by atoms with Crippen molar-refractivity contribution in [3.05, 3.63) is 11.8 Å². The van der Waals surface area contributed by atoms with Crippen LogP contribution >= 0.6 is 0 Å².